The quantitative estimate of drug-likeness (QED) is 0.653. The lowest BCUT2D eigenvalue weighted by molar-refractivity contribution is -0.115. The summed E-state index contributed by atoms with van der Waals surface area (Å²) in [6, 6.07) is 14.2. The third kappa shape index (κ3) is 3.99. The van der Waals surface area contributed by atoms with Crippen molar-refractivity contribution in [1.29, 1.82) is 0 Å². The number of para-hydroxylation sites is 1. The fourth-order valence-corrected chi connectivity index (χ4v) is 3.20. The summed E-state index contributed by atoms with van der Waals surface area (Å²) in [4.78, 5) is 37.3. The molecule has 0 atom stereocenters. The van der Waals surface area contributed by atoms with Crippen LogP contribution < -0.4 is 15.6 Å². The van der Waals surface area contributed by atoms with Crippen molar-refractivity contribution in [1.82, 2.24) is 9.36 Å². The zero-order valence-corrected chi connectivity index (χ0v) is 16.9. The van der Waals surface area contributed by atoms with Crippen molar-refractivity contribution in [3.8, 4) is 11.4 Å². The lowest BCUT2D eigenvalue weighted by Gasteiger charge is -2.10. The lowest BCUT2D eigenvalue weighted by Crippen LogP contribution is -2.23. The molecule has 7 nitrogen and oxygen atoms in total. The average Bonchev–Trinajstić information content (AvgIpc) is 2.91. The zero-order valence-electron chi connectivity index (χ0n) is 16.9. The molecular weight excluding hydrogens is 370 g/mol. The molecule has 0 aliphatic carbocycles. The monoisotopic (exact) mass is 393 g/mol. The predicted octanol–water partition coefficient (Wildman–Crippen LogP) is 2.88. The number of hydrogen-bond donors (Lipinski definition) is 1. The molecule has 7 heteroatoms. The molecule has 1 amide bonds. The van der Waals surface area contributed by atoms with Gasteiger partial charge in [-0.1, -0.05) is 18.2 Å². The maximum atomic E-state index is 12.9. The van der Waals surface area contributed by atoms with Gasteiger partial charge in [0.05, 0.1) is 24.9 Å². The molecule has 0 aliphatic heterocycles. The van der Waals surface area contributed by atoms with Gasteiger partial charge >= 0.3 is 0 Å². The Labute approximate surface area is 168 Å². The minimum absolute atomic E-state index is 0.0244. The predicted molar refractivity (Wildman–Crippen MR) is 111 cm³/mol. The largest absolute Gasteiger partial charge is 0.496 e. The van der Waals surface area contributed by atoms with E-state index >= 15 is 0 Å². The Morgan fingerprint density at radius 1 is 1.10 bits per heavy atom. The third-order valence-electron chi connectivity index (χ3n) is 4.86. The van der Waals surface area contributed by atoms with Gasteiger partial charge in [-0.3, -0.25) is 19.1 Å². The second-order valence-electron chi connectivity index (χ2n) is 6.74. The normalized spacial score (nSPS) is 10.6. The first-order valence-corrected chi connectivity index (χ1v) is 9.15. The summed E-state index contributed by atoms with van der Waals surface area (Å²) in [6.07, 6.45) is -0.0244. The van der Waals surface area contributed by atoms with Gasteiger partial charge in [0.2, 0.25) is 5.91 Å². The maximum Gasteiger partial charge on any atom is 0.295 e. The molecule has 1 N–H and O–H groups in total. The van der Waals surface area contributed by atoms with Crippen LogP contribution in [-0.2, 0) is 18.3 Å². The van der Waals surface area contributed by atoms with Crippen LogP contribution in [0.2, 0.25) is 0 Å². The van der Waals surface area contributed by atoms with E-state index in [9.17, 15) is 14.4 Å². The average molecular weight is 393 g/mol. The van der Waals surface area contributed by atoms with Crippen LogP contribution in [0.1, 0.15) is 28.5 Å². The van der Waals surface area contributed by atoms with E-state index < -0.39 is 0 Å². The number of carbonyl (C=O) groups excluding carboxylic acids is 2. The van der Waals surface area contributed by atoms with Crippen molar-refractivity contribution in [2.45, 2.75) is 20.3 Å². The second kappa shape index (κ2) is 8.18. The van der Waals surface area contributed by atoms with Gasteiger partial charge in [-0.2, -0.15) is 0 Å². The van der Waals surface area contributed by atoms with E-state index in [0.717, 1.165) is 0 Å². The van der Waals surface area contributed by atoms with E-state index in [1.807, 2.05) is 30.3 Å². The van der Waals surface area contributed by atoms with Crippen LogP contribution in [0, 0.1) is 6.92 Å². The number of Topliss-reactive ketones (excluding diaryl/α,β-unsaturated/α-hetero) is 1. The van der Waals surface area contributed by atoms with Gasteiger partial charge in [0.15, 0.2) is 5.78 Å². The molecule has 0 spiro atoms. The van der Waals surface area contributed by atoms with Crippen molar-refractivity contribution < 1.29 is 14.3 Å². The number of ketones is 1. The Morgan fingerprint density at radius 2 is 1.79 bits per heavy atom. The Morgan fingerprint density at radius 3 is 2.41 bits per heavy atom. The van der Waals surface area contributed by atoms with E-state index in [0.29, 0.717) is 28.3 Å². The number of anilines is 1. The number of rotatable bonds is 6. The molecule has 0 bridgehead atoms. The molecule has 0 aliphatic rings. The van der Waals surface area contributed by atoms with Crippen LogP contribution in [0.25, 0.3) is 5.69 Å². The highest BCUT2D eigenvalue weighted by molar-refractivity contribution is 5.96. The molecule has 29 heavy (non-hydrogen) atoms. The van der Waals surface area contributed by atoms with Gasteiger partial charge in [0, 0.05) is 18.2 Å². The van der Waals surface area contributed by atoms with Crippen LogP contribution >= 0.6 is 0 Å². The maximum absolute atomic E-state index is 12.9. The molecule has 3 aromatic rings. The number of nitrogens with one attached hydrogen (secondary N) is 1. The highest BCUT2D eigenvalue weighted by Crippen LogP contribution is 2.22. The highest BCUT2D eigenvalue weighted by Gasteiger charge is 2.19. The summed E-state index contributed by atoms with van der Waals surface area (Å²) in [7, 11) is 3.27. The number of hydrogen-bond acceptors (Lipinski definition) is 4. The summed E-state index contributed by atoms with van der Waals surface area (Å²) >= 11 is 0. The molecule has 0 saturated heterocycles. The van der Waals surface area contributed by atoms with Gasteiger partial charge in [-0.25, -0.2) is 4.68 Å². The molecule has 0 radical (unpaired) electrons. The number of methoxy groups -OCH3 is 1. The molecule has 0 saturated carbocycles. The van der Waals surface area contributed by atoms with Crippen molar-refractivity contribution in [2.75, 3.05) is 12.4 Å². The van der Waals surface area contributed by atoms with Crippen molar-refractivity contribution in [3.05, 3.63) is 75.7 Å². The molecule has 1 aromatic heterocycles. The summed E-state index contributed by atoms with van der Waals surface area (Å²) in [5, 5.41) is 2.72. The van der Waals surface area contributed by atoms with Crippen LogP contribution in [0.4, 0.5) is 5.69 Å². The number of aromatic nitrogens is 2. The third-order valence-corrected chi connectivity index (χ3v) is 4.86. The Kier molecular flexibility index (Phi) is 5.68. The first kappa shape index (κ1) is 20.1. The topological polar surface area (TPSA) is 82.3 Å². The van der Waals surface area contributed by atoms with Crippen molar-refractivity contribution in [2.24, 2.45) is 7.05 Å². The Hall–Kier alpha value is -3.61. The van der Waals surface area contributed by atoms with Gasteiger partial charge in [0.25, 0.3) is 5.56 Å². The van der Waals surface area contributed by atoms with Gasteiger partial charge in [-0.05, 0) is 44.2 Å². The minimum atomic E-state index is -0.366. The van der Waals surface area contributed by atoms with Gasteiger partial charge < -0.3 is 10.1 Å². The molecule has 0 fully saturated rings. The second-order valence-corrected chi connectivity index (χ2v) is 6.74. The van der Waals surface area contributed by atoms with E-state index in [1.165, 1.54) is 18.7 Å². The van der Waals surface area contributed by atoms with Gasteiger partial charge in [-0.15, -0.1) is 0 Å². The molecule has 150 valence electrons. The standard InChI is InChI=1S/C22H23N3O4/c1-14-21(22(28)25(24(14)3)18-8-6-5-7-9-18)23-20(27)13-17-12-16(15(2)26)10-11-19(17)29-4/h5-12H,13H2,1-4H3,(H,23,27). The first-order chi connectivity index (χ1) is 13.8. The molecule has 2 aromatic carbocycles. The number of ether oxygens (including phenoxy) is 1. The lowest BCUT2D eigenvalue weighted by atomic mass is 10.0. The van der Waals surface area contributed by atoms with Crippen molar-refractivity contribution >= 4 is 17.4 Å². The Balaban J connectivity index is 1.90. The van der Waals surface area contributed by atoms with Crippen LogP contribution in [0.3, 0.4) is 0 Å². The molecule has 1 heterocycles. The SMILES string of the molecule is COc1ccc(C(C)=O)cc1CC(=O)Nc1c(C)n(C)n(-c2ccccc2)c1=O. The fraction of sp³-hybridized carbons (Fsp3) is 0.227. The first-order valence-electron chi connectivity index (χ1n) is 9.15. The van der Waals surface area contributed by atoms with E-state index in [2.05, 4.69) is 5.32 Å². The minimum Gasteiger partial charge on any atom is -0.496 e. The van der Waals surface area contributed by atoms with Crippen LogP contribution in [0.5, 0.6) is 5.75 Å². The number of amides is 1. The Bertz CT molecular complexity index is 1130. The summed E-state index contributed by atoms with van der Waals surface area (Å²) in [5.41, 5.74) is 2.33. The van der Waals surface area contributed by atoms with E-state index in [4.69, 9.17) is 4.74 Å². The van der Waals surface area contributed by atoms with Crippen LogP contribution in [0.15, 0.2) is 53.3 Å². The number of nitrogens with zero attached hydrogens (tertiary/aromatic N) is 2. The molecule has 0 unspecified atom stereocenters. The molecule has 3 rings (SSSR count). The number of benzene rings is 2. The van der Waals surface area contributed by atoms with Crippen LogP contribution in [-0.4, -0.2) is 28.2 Å². The fourth-order valence-electron chi connectivity index (χ4n) is 3.20. The number of carbonyl (C=O) groups is 2. The summed E-state index contributed by atoms with van der Waals surface area (Å²) in [6.45, 7) is 3.23. The smallest absolute Gasteiger partial charge is 0.295 e. The summed E-state index contributed by atoms with van der Waals surface area (Å²) < 4.78 is 8.50. The van der Waals surface area contributed by atoms with Crippen molar-refractivity contribution in [3.63, 3.8) is 0 Å². The molecular formula is C22H23N3O4. The summed E-state index contributed by atoms with van der Waals surface area (Å²) in [5.74, 6) is 0.0469. The van der Waals surface area contributed by atoms with E-state index in [1.54, 1.807) is 36.9 Å². The van der Waals surface area contributed by atoms with E-state index in [-0.39, 0.29) is 29.4 Å². The van der Waals surface area contributed by atoms with Gasteiger partial charge in [0.1, 0.15) is 11.4 Å². The zero-order chi connectivity index (χ0) is 21.1. The highest BCUT2D eigenvalue weighted by atomic mass is 16.5.